The smallest absolute Gasteiger partial charge is 0.252 e. The molecule has 0 radical (unpaired) electrons. The zero-order chi connectivity index (χ0) is 18.9. The van der Waals surface area contributed by atoms with E-state index in [9.17, 15) is 0 Å². The van der Waals surface area contributed by atoms with Crippen molar-refractivity contribution in [2.24, 2.45) is 0 Å². The van der Waals surface area contributed by atoms with Crippen LogP contribution in [0.4, 0.5) is 0 Å². The Labute approximate surface area is 160 Å². The van der Waals surface area contributed by atoms with Crippen LogP contribution in [0.1, 0.15) is 17.0 Å². The summed E-state index contributed by atoms with van der Waals surface area (Å²) in [4.78, 5) is 17.4. The average Bonchev–Trinajstić information content (AvgIpc) is 3.36. The van der Waals surface area contributed by atoms with Crippen molar-refractivity contribution in [3.05, 3.63) is 84.5 Å². The summed E-state index contributed by atoms with van der Waals surface area (Å²) in [6.07, 6.45) is 9.35. The van der Waals surface area contributed by atoms with Crippen molar-refractivity contribution >= 4 is 5.78 Å². The zero-order valence-electron chi connectivity index (χ0n) is 15.1. The first-order valence-electron chi connectivity index (χ1n) is 8.84. The van der Waals surface area contributed by atoms with Crippen LogP contribution in [-0.4, -0.2) is 39.3 Å². The Morgan fingerprint density at radius 3 is 2.75 bits per heavy atom. The maximum Gasteiger partial charge on any atom is 0.252 e. The van der Waals surface area contributed by atoms with Crippen LogP contribution < -0.4 is 0 Å². The minimum Gasteiger partial charge on any atom is -0.264 e. The Bertz CT molecular complexity index is 1260. The molecule has 0 amide bonds. The van der Waals surface area contributed by atoms with Gasteiger partial charge in [0.1, 0.15) is 12.2 Å². The molecular weight excluding hydrogens is 352 g/mol. The van der Waals surface area contributed by atoms with E-state index in [0.29, 0.717) is 18.0 Å². The fourth-order valence-corrected chi connectivity index (χ4v) is 3.10. The number of benzene rings is 1. The van der Waals surface area contributed by atoms with Crippen LogP contribution in [0.3, 0.4) is 0 Å². The van der Waals surface area contributed by atoms with E-state index in [1.165, 1.54) is 6.33 Å². The molecule has 0 spiro atoms. The van der Waals surface area contributed by atoms with Crippen molar-refractivity contribution in [1.82, 2.24) is 39.3 Å². The molecule has 0 saturated carbocycles. The first-order valence-corrected chi connectivity index (χ1v) is 8.84. The van der Waals surface area contributed by atoms with Crippen molar-refractivity contribution in [3.63, 3.8) is 0 Å². The molecule has 0 atom stereocenters. The quantitative estimate of drug-likeness (QED) is 0.485. The van der Waals surface area contributed by atoms with Gasteiger partial charge in [-0.1, -0.05) is 30.3 Å². The van der Waals surface area contributed by atoms with E-state index in [1.54, 1.807) is 16.9 Å². The number of fused-ring (bicyclic) bond motifs is 1. The van der Waals surface area contributed by atoms with Gasteiger partial charge in [-0.15, -0.1) is 5.10 Å². The normalized spacial score (nSPS) is 11.2. The van der Waals surface area contributed by atoms with Crippen molar-refractivity contribution in [1.29, 1.82) is 0 Å². The fourth-order valence-electron chi connectivity index (χ4n) is 3.10. The lowest BCUT2D eigenvalue weighted by Crippen LogP contribution is -2.07. The van der Waals surface area contributed by atoms with Gasteiger partial charge in [0.15, 0.2) is 5.82 Å². The molecule has 0 aliphatic heterocycles. The third-order valence-electron chi connectivity index (χ3n) is 4.48. The maximum absolute atomic E-state index is 4.82. The number of nitrogens with zero attached hydrogens (tertiary/aromatic N) is 8. The molecule has 1 aromatic carbocycles. The summed E-state index contributed by atoms with van der Waals surface area (Å²) >= 11 is 0. The van der Waals surface area contributed by atoms with E-state index < -0.39 is 0 Å². The van der Waals surface area contributed by atoms with Crippen LogP contribution in [0.5, 0.6) is 0 Å². The number of pyridine rings is 1. The highest BCUT2D eigenvalue weighted by Crippen LogP contribution is 2.21. The second-order valence-electron chi connectivity index (χ2n) is 6.44. The van der Waals surface area contributed by atoms with Crippen LogP contribution in [-0.2, 0) is 6.42 Å². The first-order chi connectivity index (χ1) is 13.8. The fraction of sp³-hybridized carbons (Fsp3) is 0.100. The molecule has 0 saturated heterocycles. The third kappa shape index (κ3) is 2.90. The van der Waals surface area contributed by atoms with Gasteiger partial charge in [-0.3, -0.25) is 4.98 Å². The van der Waals surface area contributed by atoms with Crippen molar-refractivity contribution in [2.75, 3.05) is 0 Å². The highest BCUT2D eigenvalue weighted by molar-refractivity contribution is 5.55. The average molecular weight is 368 g/mol. The largest absolute Gasteiger partial charge is 0.264 e. The molecular formula is C20H16N8. The molecule has 8 nitrogen and oxygen atoms in total. The SMILES string of the molecule is Cc1cnccc1-n1nc(-c2ccccc2)nc1Cc1cnc2ncnn2c1. The van der Waals surface area contributed by atoms with Gasteiger partial charge in [-0.2, -0.15) is 10.1 Å². The Morgan fingerprint density at radius 1 is 1.00 bits per heavy atom. The van der Waals surface area contributed by atoms with E-state index >= 15 is 0 Å². The molecule has 4 aromatic heterocycles. The summed E-state index contributed by atoms with van der Waals surface area (Å²) in [6, 6.07) is 11.9. The predicted octanol–water partition coefficient (Wildman–Crippen LogP) is 2.67. The van der Waals surface area contributed by atoms with Crippen LogP contribution in [0, 0.1) is 6.92 Å². The third-order valence-corrected chi connectivity index (χ3v) is 4.48. The Kier molecular flexibility index (Phi) is 3.86. The summed E-state index contributed by atoms with van der Waals surface area (Å²) in [5.41, 5.74) is 3.92. The van der Waals surface area contributed by atoms with Gasteiger partial charge in [-0.25, -0.2) is 19.2 Å². The first kappa shape index (κ1) is 16.2. The van der Waals surface area contributed by atoms with E-state index in [2.05, 4.69) is 20.1 Å². The monoisotopic (exact) mass is 368 g/mol. The second kappa shape index (κ2) is 6.66. The van der Waals surface area contributed by atoms with E-state index in [1.807, 2.05) is 60.4 Å². The number of rotatable bonds is 4. The molecule has 4 heterocycles. The number of aryl methyl sites for hydroxylation is 1. The molecule has 136 valence electrons. The summed E-state index contributed by atoms with van der Waals surface area (Å²) < 4.78 is 3.54. The standard InChI is InChI=1S/C20H16N8/c1-14-10-21-8-7-17(14)28-18(25-19(26-28)16-5-3-2-4-6-16)9-15-11-22-20-23-13-24-27(20)12-15/h2-8,10-13H,9H2,1H3. The molecule has 0 aliphatic carbocycles. The van der Waals surface area contributed by atoms with Gasteiger partial charge >= 0.3 is 0 Å². The molecule has 0 N–H and O–H groups in total. The minimum atomic E-state index is 0.560. The minimum absolute atomic E-state index is 0.560. The summed E-state index contributed by atoms with van der Waals surface area (Å²) in [5.74, 6) is 2.07. The van der Waals surface area contributed by atoms with Crippen LogP contribution in [0.2, 0.25) is 0 Å². The lowest BCUT2D eigenvalue weighted by atomic mass is 10.2. The molecule has 28 heavy (non-hydrogen) atoms. The van der Waals surface area contributed by atoms with Gasteiger partial charge in [-0.05, 0) is 24.1 Å². The summed E-state index contributed by atoms with van der Waals surface area (Å²) in [6.45, 7) is 2.01. The molecule has 8 heteroatoms. The lowest BCUT2D eigenvalue weighted by Gasteiger charge is -2.08. The maximum atomic E-state index is 4.82. The van der Waals surface area contributed by atoms with E-state index in [4.69, 9.17) is 10.1 Å². The van der Waals surface area contributed by atoms with Gasteiger partial charge in [0.2, 0.25) is 0 Å². The zero-order valence-corrected chi connectivity index (χ0v) is 15.1. The van der Waals surface area contributed by atoms with Gasteiger partial charge in [0.25, 0.3) is 5.78 Å². The molecule has 5 rings (SSSR count). The predicted molar refractivity (Wildman–Crippen MR) is 103 cm³/mol. The lowest BCUT2D eigenvalue weighted by molar-refractivity contribution is 0.799. The molecule has 0 fully saturated rings. The topological polar surface area (TPSA) is 86.7 Å². The molecule has 0 unspecified atom stereocenters. The van der Waals surface area contributed by atoms with E-state index in [-0.39, 0.29) is 0 Å². The van der Waals surface area contributed by atoms with Crippen LogP contribution in [0.15, 0.2) is 67.5 Å². The Morgan fingerprint density at radius 2 is 1.89 bits per heavy atom. The van der Waals surface area contributed by atoms with Crippen molar-refractivity contribution in [3.8, 4) is 17.1 Å². The highest BCUT2D eigenvalue weighted by atomic mass is 15.4. The Hall–Kier alpha value is -3.94. The Balaban J connectivity index is 1.62. The number of hydrogen-bond acceptors (Lipinski definition) is 6. The number of aromatic nitrogens is 8. The van der Waals surface area contributed by atoms with E-state index in [0.717, 1.165) is 28.2 Å². The summed E-state index contributed by atoms with van der Waals surface area (Å²) in [7, 11) is 0. The molecule has 0 aliphatic rings. The molecule has 0 bridgehead atoms. The van der Waals surface area contributed by atoms with Crippen LogP contribution >= 0.6 is 0 Å². The molecule has 5 aromatic rings. The summed E-state index contributed by atoms with van der Waals surface area (Å²) in [5, 5.41) is 8.94. The van der Waals surface area contributed by atoms with Gasteiger partial charge in [0.05, 0.1) is 5.69 Å². The van der Waals surface area contributed by atoms with Gasteiger partial charge in [0, 0.05) is 36.8 Å². The highest BCUT2D eigenvalue weighted by Gasteiger charge is 2.15. The van der Waals surface area contributed by atoms with Crippen LogP contribution in [0.25, 0.3) is 22.9 Å². The van der Waals surface area contributed by atoms with Crippen molar-refractivity contribution < 1.29 is 0 Å². The van der Waals surface area contributed by atoms with Crippen molar-refractivity contribution in [2.45, 2.75) is 13.3 Å². The second-order valence-corrected chi connectivity index (χ2v) is 6.44. The van der Waals surface area contributed by atoms with Gasteiger partial charge < -0.3 is 0 Å². The number of hydrogen-bond donors (Lipinski definition) is 0.